The zero-order valence-electron chi connectivity index (χ0n) is 14.6. The maximum Gasteiger partial charge on any atom is 0.126 e. The zero-order chi connectivity index (χ0) is 17.6. The summed E-state index contributed by atoms with van der Waals surface area (Å²) in [6, 6.07) is 14.7. The van der Waals surface area contributed by atoms with E-state index >= 15 is 0 Å². The molecule has 0 amide bonds. The summed E-state index contributed by atoms with van der Waals surface area (Å²) in [7, 11) is 0. The second-order valence-electron chi connectivity index (χ2n) is 6.80. The molecule has 1 saturated carbocycles. The van der Waals surface area contributed by atoms with E-state index in [1.807, 2.05) is 37.3 Å². The SMILES string of the molecule is Cc1cccc(O[C@@H]2CCC[C@H](NCCc3ccccc3F)[C@H]2O)c1. The van der Waals surface area contributed by atoms with E-state index < -0.39 is 6.10 Å². The second kappa shape index (κ2) is 8.45. The Morgan fingerprint density at radius 3 is 2.80 bits per heavy atom. The van der Waals surface area contributed by atoms with Gasteiger partial charge >= 0.3 is 0 Å². The van der Waals surface area contributed by atoms with Crippen molar-refractivity contribution >= 4 is 0 Å². The molecule has 0 aromatic heterocycles. The number of aliphatic hydroxyl groups excluding tert-OH is 1. The summed E-state index contributed by atoms with van der Waals surface area (Å²) in [5, 5.41) is 14.0. The van der Waals surface area contributed by atoms with Crippen LogP contribution in [0, 0.1) is 12.7 Å². The van der Waals surface area contributed by atoms with Gasteiger partial charge < -0.3 is 15.2 Å². The van der Waals surface area contributed by atoms with Gasteiger partial charge in [-0.05, 0) is 68.5 Å². The zero-order valence-corrected chi connectivity index (χ0v) is 14.6. The number of hydrogen-bond acceptors (Lipinski definition) is 3. The van der Waals surface area contributed by atoms with E-state index in [1.54, 1.807) is 12.1 Å². The molecule has 2 N–H and O–H groups in total. The number of nitrogens with one attached hydrogen (secondary N) is 1. The number of rotatable bonds is 6. The molecule has 0 spiro atoms. The molecule has 3 nitrogen and oxygen atoms in total. The molecule has 1 aliphatic rings. The van der Waals surface area contributed by atoms with Crippen LogP contribution in [0.2, 0.25) is 0 Å². The lowest BCUT2D eigenvalue weighted by Gasteiger charge is -2.35. The van der Waals surface area contributed by atoms with Crippen LogP contribution in [0.4, 0.5) is 4.39 Å². The highest BCUT2D eigenvalue weighted by Crippen LogP contribution is 2.25. The Labute approximate surface area is 148 Å². The Morgan fingerprint density at radius 1 is 1.16 bits per heavy atom. The Kier molecular flexibility index (Phi) is 6.05. The Morgan fingerprint density at radius 2 is 2.00 bits per heavy atom. The van der Waals surface area contributed by atoms with Gasteiger partial charge in [-0.1, -0.05) is 30.3 Å². The molecule has 2 aromatic carbocycles. The molecule has 0 unspecified atom stereocenters. The van der Waals surface area contributed by atoms with Gasteiger partial charge in [0.2, 0.25) is 0 Å². The van der Waals surface area contributed by atoms with Crippen LogP contribution in [-0.2, 0) is 6.42 Å². The van der Waals surface area contributed by atoms with Crippen molar-refractivity contribution in [1.82, 2.24) is 5.32 Å². The first-order valence-corrected chi connectivity index (χ1v) is 9.01. The van der Waals surface area contributed by atoms with Crippen molar-refractivity contribution < 1.29 is 14.2 Å². The molecule has 0 bridgehead atoms. The molecule has 25 heavy (non-hydrogen) atoms. The number of aryl methyl sites for hydroxylation is 1. The summed E-state index contributed by atoms with van der Waals surface area (Å²) in [6.45, 7) is 2.66. The summed E-state index contributed by atoms with van der Waals surface area (Å²) in [5.41, 5.74) is 1.84. The summed E-state index contributed by atoms with van der Waals surface area (Å²) < 4.78 is 19.7. The fourth-order valence-electron chi connectivity index (χ4n) is 3.45. The van der Waals surface area contributed by atoms with Crippen LogP contribution >= 0.6 is 0 Å². The molecule has 0 radical (unpaired) electrons. The van der Waals surface area contributed by atoms with Gasteiger partial charge in [-0.2, -0.15) is 0 Å². The molecular weight excluding hydrogens is 317 g/mol. The van der Waals surface area contributed by atoms with E-state index in [4.69, 9.17) is 4.74 Å². The monoisotopic (exact) mass is 343 g/mol. The standard InChI is InChI=1S/C21H26FNO2/c1-15-6-4-8-17(14-15)25-20-11-5-10-19(21(20)24)23-13-12-16-7-2-3-9-18(16)22/h2-4,6-9,14,19-21,23-24H,5,10-13H2,1H3/t19-,20+,21+/m0/s1. The molecule has 134 valence electrons. The molecule has 3 atom stereocenters. The average molecular weight is 343 g/mol. The first-order valence-electron chi connectivity index (χ1n) is 9.01. The first kappa shape index (κ1) is 17.9. The normalized spacial score (nSPS) is 23.4. The lowest BCUT2D eigenvalue weighted by Crippen LogP contribution is -2.51. The third kappa shape index (κ3) is 4.80. The molecule has 1 aliphatic carbocycles. The van der Waals surface area contributed by atoms with Crippen LogP contribution in [0.1, 0.15) is 30.4 Å². The van der Waals surface area contributed by atoms with Crippen molar-refractivity contribution in [2.75, 3.05) is 6.54 Å². The smallest absolute Gasteiger partial charge is 0.126 e. The van der Waals surface area contributed by atoms with E-state index in [9.17, 15) is 9.50 Å². The summed E-state index contributed by atoms with van der Waals surface area (Å²) in [6.07, 6.45) is 2.60. The van der Waals surface area contributed by atoms with Gasteiger partial charge in [-0.3, -0.25) is 0 Å². The average Bonchev–Trinajstić information content (AvgIpc) is 2.60. The Bertz CT molecular complexity index is 691. The van der Waals surface area contributed by atoms with Crippen LogP contribution < -0.4 is 10.1 Å². The summed E-state index contributed by atoms with van der Waals surface area (Å²) >= 11 is 0. The van der Waals surface area contributed by atoms with Crippen molar-refractivity contribution in [3.8, 4) is 5.75 Å². The topological polar surface area (TPSA) is 41.5 Å². The van der Waals surface area contributed by atoms with E-state index in [2.05, 4.69) is 5.32 Å². The fourth-order valence-corrected chi connectivity index (χ4v) is 3.45. The lowest BCUT2D eigenvalue weighted by molar-refractivity contribution is -0.0151. The van der Waals surface area contributed by atoms with Crippen LogP contribution in [-0.4, -0.2) is 29.9 Å². The second-order valence-corrected chi connectivity index (χ2v) is 6.80. The molecule has 4 heteroatoms. The summed E-state index contributed by atoms with van der Waals surface area (Å²) in [5.74, 6) is 0.630. The number of benzene rings is 2. The highest BCUT2D eigenvalue weighted by Gasteiger charge is 2.33. The van der Waals surface area contributed by atoms with Gasteiger partial charge in [0.15, 0.2) is 0 Å². The van der Waals surface area contributed by atoms with E-state index in [1.165, 1.54) is 6.07 Å². The van der Waals surface area contributed by atoms with Crippen molar-refractivity contribution in [3.63, 3.8) is 0 Å². The number of hydrogen-bond donors (Lipinski definition) is 2. The van der Waals surface area contributed by atoms with Crippen LogP contribution in [0.25, 0.3) is 0 Å². The maximum absolute atomic E-state index is 13.7. The van der Waals surface area contributed by atoms with Crippen LogP contribution in [0.15, 0.2) is 48.5 Å². The highest BCUT2D eigenvalue weighted by molar-refractivity contribution is 5.27. The van der Waals surface area contributed by atoms with Crippen molar-refractivity contribution in [2.24, 2.45) is 0 Å². The van der Waals surface area contributed by atoms with E-state index in [0.717, 1.165) is 30.6 Å². The predicted molar refractivity (Wildman–Crippen MR) is 97.3 cm³/mol. The number of halogens is 1. The third-order valence-corrected chi connectivity index (χ3v) is 4.83. The van der Waals surface area contributed by atoms with Crippen LogP contribution in [0.3, 0.4) is 0 Å². The minimum absolute atomic E-state index is 0.0182. The van der Waals surface area contributed by atoms with Gasteiger partial charge in [0.1, 0.15) is 23.8 Å². The lowest BCUT2D eigenvalue weighted by atomic mass is 9.89. The predicted octanol–water partition coefficient (Wildman–Crippen LogP) is 3.63. The largest absolute Gasteiger partial charge is 0.488 e. The minimum atomic E-state index is -0.560. The molecule has 0 heterocycles. The van der Waals surface area contributed by atoms with Crippen LogP contribution in [0.5, 0.6) is 5.75 Å². The van der Waals surface area contributed by atoms with Crippen molar-refractivity contribution in [1.29, 1.82) is 0 Å². The maximum atomic E-state index is 13.7. The highest BCUT2D eigenvalue weighted by atomic mass is 19.1. The Hall–Kier alpha value is -1.91. The quantitative estimate of drug-likeness (QED) is 0.842. The molecule has 2 aromatic rings. The molecule has 1 fully saturated rings. The minimum Gasteiger partial charge on any atom is -0.488 e. The fraction of sp³-hybridized carbons (Fsp3) is 0.429. The van der Waals surface area contributed by atoms with Gasteiger partial charge in [-0.15, -0.1) is 0 Å². The number of aliphatic hydroxyl groups is 1. The van der Waals surface area contributed by atoms with E-state index in [-0.39, 0.29) is 18.0 Å². The number of ether oxygens (including phenoxy) is 1. The third-order valence-electron chi connectivity index (χ3n) is 4.83. The molecule has 3 rings (SSSR count). The van der Waals surface area contributed by atoms with Gasteiger partial charge in [0.05, 0.1) is 0 Å². The molecule has 0 saturated heterocycles. The van der Waals surface area contributed by atoms with Gasteiger partial charge in [-0.25, -0.2) is 4.39 Å². The van der Waals surface area contributed by atoms with Crippen molar-refractivity contribution in [3.05, 3.63) is 65.5 Å². The van der Waals surface area contributed by atoms with Gasteiger partial charge in [0, 0.05) is 6.04 Å². The first-order chi connectivity index (χ1) is 12.1. The summed E-state index contributed by atoms with van der Waals surface area (Å²) in [4.78, 5) is 0. The molecular formula is C21H26FNO2. The van der Waals surface area contributed by atoms with Crippen molar-refractivity contribution in [2.45, 2.75) is 50.9 Å². The Balaban J connectivity index is 1.53. The van der Waals surface area contributed by atoms with Gasteiger partial charge in [0.25, 0.3) is 0 Å². The molecule has 0 aliphatic heterocycles. The van der Waals surface area contributed by atoms with E-state index in [0.29, 0.717) is 18.5 Å².